The monoisotopic (exact) mass is 394 g/mol. The number of carbonyl (C=O) groups excluding carboxylic acids is 2. The molecule has 6 heteroatoms. The van der Waals surface area contributed by atoms with Crippen molar-refractivity contribution in [2.24, 2.45) is 0 Å². The topological polar surface area (TPSA) is 59.1 Å². The molecule has 3 rings (SSSR count). The Labute approximate surface area is 171 Å². The van der Waals surface area contributed by atoms with Gasteiger partial charge in [-0.2, -0.15) is 0 Å². The zero-order valence-corrected chi connectivity index (χ0v) is 17.1. The van der Waals surface area contributed by atoms with Gasteiger partial charge in [0.25, 0.3) is 11.8 Å². The molecule has 0 spiro atoms. The summed E-state index contributed by atoms with van der Waals surface area (Å²) in [6.45, 7) is 1.31. The molecule has 29 heavy (non-hydrogen) atoms. The van der Waals surface area contributed by atoms with Crippen LogP contribution in [0.1, 0.15) is 17.5 Å². The van der Waals surface area contributed by atoms with E-state index in [1.165, 1.54) is 4.90 Å². The molecule has 0 aliphatic carbocycles. The first-order valence-corrected chi connectivity index (χ1v) is 9.56. The fourth-order valence-electron chi connectivity index (χ4n) is 3.52. The van der Waals surface area contributed by atoms with Crippen molar-refractivity contribution in [1.82, 2.24) is 9.80 Å². The van der Waals surface area contributed by atoms with E-state index in [9.17, 15) is 9.59 Å². The smallest absolute Gasteiger partial charge is 0.277 e. The van der Waals surface area contributed by atoms with Crippen LogP contribution in [0.5, 0.6) is 5.75 Å². The number of benzene rings is 2. The van der Waals surface area contributed by atoms with Crippen molar-refractivity contribution < 1.29 is 19.1 Å². The van der Waals surface area contributed by atoms with Gasteiger partial charge in [0, 0.05) is 39.4 Å². The maximum absolute atomic E-state index is 13.3. The van der Waals surface area contributed by atoms with E-state index in [4.69, 9.17) is 9.47 Å². The van der Waals surface area contributed by atoms with E-state index in [1.54, 1.807) is 20.3 Å². The van der Waals surface area contributed by atoms with Gasteiger partial charge in [0.1, 0.15) is 11.4 Å². The van der Waals surface area contributed by atoms with Gasteiger partial charge in [0.2, 0.25) is 0 Å². The Morgan fingerprint density at radius 3 is 2.31 bits per heavy atom. The van der Waals surface area contributed by atoms with Crippen LogP contribution in [-0.4, -0.2) is 56.0 Å². The summed E-state index contributed by atoms with van der Waals surface area (Å²) >= 11 is 0. The van der Waals surface area contributed by atoms with Crippen molar-refractivity contribution in [2.75, 3.05) is 34.4 Å². The second kappa shape index (κ2) is 9.39. The van der Waals surface area contributed by atoms with E-state index in [-0.39, 0.29) is 11.8 Å². The minimum Gasteiger partial charge on any atom is -0.496 e. The van der Waals surface area contributed by atoms with E-state index in [0.717, 1.165) is 5.56 Å². The van der Waals surface area contributed by atoms with Crippen LogP contribution in [0.3, 0.4) is 0 Å². The number of hydrogen-bond acceptors (Lipinski definition) is 5. The quantitative estimate of drug-likeness (QED) is 0.483. The van der Waals surface area contributed by atoms with Crippen LogP contribution in [0.15, 0.2) is 60.3 Å². The Bertz CT molecular complexity index is 908. The average Bonchev–Trinajstić information content (AvgIpc) is 2.99. The molecule has 2 aromatic carbocycles. The number of likely N-dealkylation sites (N-methyl/N-ethyl adjacent to an activating group) is 1. The number of nitrogens with zero attached hydrogens (tertiary/aromatic N) is 2. The normalized spacial score (nSPS) is 14.0. The molecule has 0 saturated carbocycles. The molecular formula is C23H26N2O4. The molecule has 1 heterocycles. The van der Waals surface area contributed by atoms with Crippen LogP contribution in [0.25, 0.3) is 5.57 Å². The van der Waals surface area contributed by atoms with Crippen molar-refractivity contribution in [1.29, 1.82) is 0 Å². The first-order valence-electron chi connectivity index (χ1n) is 9.56. The first kappa shape index (κ1) is 20.6. The van der Waals surface area contributed by atoms with Gasteiger partial charge >= 0.3 is 0 Å². The molecule has 6 nitrogen and oxygen atoms in total. The van der Waals surface area contributed by atoms with E-state index in [1.807, 2.05) is 60.5 Å². The summed E-state index contributed by atoms with van der Waals surface area (Å²) in [7, 11) is 5.00. The molecule has 2 aromatic rings. The number of imide groups is 1. The second-order valence-electron chi connectivity index (χ2n) is 6.87. The van der Waals surface area contributed by atoms with Crippen LogP contribution in [0.2, 0.25) is 0 Å². The second-order valence-corrected chi connectivity index (χ2v) is 6.87. The third kappa shape index (κ3) is 4.32. The molecule has 1 aliphatic rings. The van der Waals surface area contributed by atoms with Crippen LogP contribution in [0.4, 0.5) is 0 Å². The molecule has 0 atom stereocenters. The lowest BCUT2D eigenvalue weighted by Gasteiger charge is -2.21. The van der Waals surface area contributed by atoms with Crippen LogP contribution in [-0.2, 0) is 20.9 Å². The third-order valence-electron chi connectivity index (χ3n) is 4.89. The molecule has 1 aliphatic heterocycles. The molecule has 2 amide bonds. The maximum Gasteiger partial charge on any atom is 0.277 e. The highest BCUT2D eigenvalue weighted by atomic mass is 16.5. The van der Waals surface area contributed by atoms with Gasteiger partial charge in [0.15, 0.2) is 0 Å². The fourth-order valence-corrected chi connectivity index (χ4v) is 3.52. The Kier molecular flexibility index (Phi) is 6.67. The number of para-hydroxylation sites is 1. The zero-order chi connectivity index (χ0) is 20.8. The summed E-state index contributed by atoms with van der Waals surface area (Å²) in [6.07, 6.45) is 0.586. The Morgan fingerprint density at radius 1 is 0.931 bits per heavy atom. The number of ether oxygens (including phenoxy) is 2. The molecule has 0 radical (unpaired) electrons. The van der Waals surface area contributed by atoms with Gasteiger partial charge in [0.05, 0.1) is 12.7 Å². The summed E-state index contributed by atoms with van der Waals surface area (Å²) in [5, 5.41) is 0. The van der Waals surface area contributed by atoms with Gasteiger partial charge in [-0.25, -0.2) is 0 Å². The largest absolute Gasteiger partial charge is 0.496 e. The van der Waals surface area contributed by atoms with Gasteiger partial charge in [-0.05, 0) is 18.1 Å². The molecule has 0 saturated heterocycles. The highest BCUT2D eigenvalue weighted by Gasteiger charge is 2.41. The van der Waals surface area contributed by atoms with Crippen molar-refractivity contribution in [3.63, 3.8) is 0 Å². The van der Waals surface area contributed by atoms with E-state index >= 15 is 0 Å². The van der Waals surface area contributed by atoms with Gasteiger partial charge in [-0.3, -0.25) is 14.5 Å². The Morgan fingerprint density at radius 2 is 1.62 bits per heavy atom. The number of hydrogen-bond donors (Lipinski definition) is 0. The van der Waals surface area contributed by atoms with Crippen molar-refractivity contribution in [2.45, 2.75) is 13.0 Å². The summed E-state index contributed by atoms with van der Waals surface area (Å²) in [6, 6.07) is 17.1. The molecule has 0 fully saturated rings. The number of carbonyl (C=O) groups is 2. The highest BCUT2D eigenvalue weighted by molar-refractivity contribution is 6.36. The molecule has 0 bridgehead atoms. The van der Waals surface area contributed by atoms with Gasteiger partial charge < -0.3 is 14.4 Å². The van der Waals surface area contributed by atoms with Crippen LogP contribution >= 0.6 is 0 Å². The molecule has 0 aromatic heterocycles. The van der Waals surface area contributed by atoms with E-state index < -0.39 is 0 Å². The van der Waals surface area contributed by atoms with Crippen LogP contribution < -0.4 is 4.74 Å². The average molecular weight is 394 g/mol. The van der Waals surface area contributed by atoms with Crippen LogP contribution in [0, 0.1) is 0 Å². The summed E-state index contributed by atoms with van der Waals surface area (Å²) in [5.41, 5.74) is 2.45. The predicted octanol–water partition coefficient (Wildman–Crippen LogP) is 2.94. The minimum absolute atomic E-state index is 0.287. The van der Waals surface area contributed by atoms with Gasteiger partial charge in [-0.1, -0.05) is 48.5 Å². The highest BCUT2D eigenvalue weighted by Crippen LogP contribution is 2.36. The number of methoxy groups -OCH3 is 2. The molecular weight excluding hydrogens is 368 g/mol. The summed E-state index contributed by atoms with van der Waals surface area (Å²) in [5.74, 6) is -0.0241. The lowest BCUT2D eigenvalue weighted by molar-refractivity contribution is -0.137. The first-order chi connectivity index (χ1) is 14.1. The lowest BCUT2D eigenvalue weighted by atomic mass is 10.0. The number of rotatable bonds is 9. The predicted molar refractivity (Wildman–Crippen MR) is 111 cm³/mol. The number of amides is 2. The third-order valence-corrected chi connectivity index (χ3v) is 4.89. The van der Waals surface area contributed by atoms with E-state index in [0.29, 0.717) is 48.7 Å². The zero-order valence-electron chi connectivity index (χ0n) is 17.1. The van der Waals surface area contributed by atoms with Crippen molar-refractivity contribution >= 4 is 17.4 Å². The minimum atomic E-state index is -0.300. The maximum atomic E-state index is 13.3. The van der Waals surface area contributed by atoms with Gasteiger partial charge in [-0.15, -0.1) is 0 Å². The Balaban J connectivity index is 2.02. The van der Waals surface area contributed by atoms with Crippen molar-refractivity contribution in [3.05, 3.63) is 71.4 Å². The summed E-state index contributed by atoms with van der Waals surface area (Å²) in [4.78, 5) is 29.7. The molecule has 0 N–H and O–H groups in total. The molecule has 152 valence electrons. The van der Waals surface area contributed by atoms with E-state index in [2.05, 4.69) is 0 Å². The standard InChI is InChI=1S/C23H26N2O4/c1-24(16-17-10-5-4-6-11-17)21-20(18-12-7-8-13-19(18)29-3)22(26)25(23(21)27)14-9-15-28-2/h4-8,10-13H,9,14-16H2,1-3H3. The summed E-state index contributed by atoms with van der Waals surface area (Å²) < 4.78 is 10.5. The lowest BCUT2D eigenvalue weighted by Crippen LogP contribution is -2.35. The fraction of sp³-hybridized carbons (Fsp3) is 0.304. The molecule has 0 unspecified atom stereocenters. The van der Waals surface area contributed by atoms with Crippen molar-refractivity contribution in [3.8, 4) is 5.75 Å². The Hall–Kier alpha value is -3.12. The SMILES string of the molecule is COCCCN1C(=O)C(c2ccccc2OC)=C(N(C)Cc2ccccc2)C1=O.